The van der Waals surface area contributed by atoms with Gasteiger partial charge in [-0.25, -0.2) is 4.79 Å². The van der Waals surface area contributed by atoms with Gasteiger partial charge in [0, 0.05) is 25.4 Å². The monoisotopic (exact) mass is 225 g/mol. The SMILES string of the molecule is O=C(OCn1ccc([N+](=O)[O-])c1)N1CCC1. The van der Waals surface area contributed by atoms with Crippen molar-refractivity contribution < 1.29 is 14.5 Å². The van der Waals surface area contributed by atoms with E-state index in [1.165, 1.54) is 23.0 Å². The van der Waals surface area contributed by atoms with E-state index in [1.54, 1.807) is 4.90 Å². The molecule has 0 saturated carbocycles. The molecule has 0 bridgehead atoms. The Bertz CT molecular complexity index is 411. The fraction of sp³-hybridized carbons (Fsp3) is 0.444. The Morgan fingerprint density at radius 1 is 1.56 bits per heavy atom. The fourth-order valence-electron chi connectivity index (χ4n) is 1.34. The summed E-state index contributed by atoms with van der Waals surface area (Å²) < 4.78 is 6.41. The first kappa shape index (κ1) is 10.5. The molecule has 0 unspecified atom stereocenters. The Morgan fingerprint density at radius 2 is 2.31 bits per heavy atom. The molecule has 1 aromatic heterocycles. The van der Waals surface area contributed by atoms with E-state index in [1.807, 2.05) is 0 Å². The van der Waals surface area contributed by atoms with E-state index in [2.05, 4.69) is 0 Å². The highest BCUT2D eigenvalue weighted by molar-refractivity contribution is 5.68. The smallest absolute Gasteiger partial charge is 0.411 e. The van der Waals surface area contributed by atoms with E-state index in [-0.39, 0.29) is 18.5 Å². The second kappa shape index (κ2) is 4.21. The zero-order chi connectivity index (χ0) is 11.5. The summed E-state index contributed by atoms with van der Waals surface area (Å²) in [4.78, 5) is 22.8. The second-order valence-electron chi connectivity index (χ2n) is 3.52. The van der Waals surface area contributed by atoms with Crippen molar-refractivity contribution in [1.29, 1.82) is 0 Å². The zero-order valence-electron chi connectivity index (χ0n) is 8.54. The summed E-state index contributed by atoms with van der Waals surface area (Å²) >= 11 is 0. The van der Waals surface area contributed by atoms with E-state index in [0.717, 1.165) is 19.5 Å². The van der Waals surface area contributed by atoms with Gasteiger partial charge in [0.15, 0.2) is 6.73 Å². The molecule has 1 fully saturated rings. The van der Waals surface area contributed by atoms with Gasteiger partial charge in [0.1, 0.15) is 0 Å². The number of likely N-dealkylation sites (tertiary alicyclic amines) is 1. The third kappa shape index (κ3) is 2.13. The van der Waals surface area contributed by atoms with Crippen LogP contribution in [-0.4, -0.2) is 33.6 Å². The zero-order valence-corrected chi connectivity index (χ0v) is 8.54. The molecule has 1 amide bonds. The number of aromatic nitrogens is 1. The molecule has 86 valence electrons. The third-order valence-corrected chi connectivity index (χ3v) is 2.40. The molecule has 7 heteroatoms. The van der Waals surface area contributed by atoms with Crippen molar-refractivity contribution in [2.24, 2.45) is 0 Å². The van der Waals surface area contributed by atoms with Crippen molar-refractivity contribution in [3.63, 3.8) is 0 Å². The standard InChI is InChI=1S/C9H11N3O4/c13-9(11-3-1-4-11)16-7-10-5-2-8(6-10)12(14)15/h2,5-6H,1,3-4,7H2. The van der Waals surface area contributed by atoms with E-state index in [4.69, 9.17) is 4.74 Å². The number of hydrogen-bond acceptors (Lipinski definition) is 4. The van der Waals surface area contributed by atoms with E-state index in [9.17, 15) is 14.9 Å². The average Bonchev–Trinajstić information content (AvgIpc) is 2.60. The predicted octanol–water partition coefficient (Wildman–Crippen LogP) is 1.20. The summed E-state index contributed by atoms with van der Waals surface area (Å²) in [6.45, 7) is 1.46. The molecule has 0 spiro atoms. The van der Waals surface area contributed by atoms with Gasteiger partial charge in [-0.05, 0) is 6.42 Å². The van der Waals surface area contributed by atoms with Crippen LogP contribution in [0.15, 0.2) is 18.5 Å². The Balaban J connectivity index is 1.84. The third-order valence-electron chi connectivity index (χ3n) is 2.40. The summed E-state index contributed by atoms with van der Waals surface area (Å²) in [6, 6.07) is 1.36. The number of rotatable bonds is 3. The first-order valence-corrected chi connectivity index (χ1v) is 4.89. The summed E-state index contributed by atoms with van der Waals surface area (Å²) in [5, 5.41) is 10.4. The molecule has 1 aromatic rings. The Morgan fingerprint density at radius 3 is 2.81 bits per heavy atom. The molecule has 1 aliphatic heterocycles. The normalized spacial score (nSPS) is 14.4. The highest BCUT2D eigenvalue weighted by atomic mass is 16.6. The molecular weight excluding hydrogens is 214 g/mol. The molecule has 1 saturated heterocycles. The summed E-state index contributed by atoms with van der Waals surface area (Å²) in [5.41, 5.74) is -0.0139. The molecule has 0 radical (unpaired) electrons. The minimum atomic E-state index is -0.492. The first-order valence-electron chi connectivity index (χ1n) is 4.89. The van der Waals surface area contributed by atoms with Crippen molar-refractivity contribution in [2.45, 2.75) is 13.2 Å². The Hall–Kier alpha value is -2.05. The summed E-state index contributed by atoms with van der Waals surface area (Å²) in [7, 11) is 0. The van der Waals surface area contributed by atoms with Crippen LogP contribution >= 0.6 is 0 Å². The number of nitrogens with zero attached hydrogens (tertiary/aromatic N) is 3. The van der Waals surface area contributed by atoms with Crippen LogP contribution in [0.1, 0.15) is 6.42 Å². The maximum absolute atomic E-state index is 11.3. The topological polar surface area (TPSA) is 77.6 Å². The van der Waals surface area contributed by atoms with Crippen molar-refractivity contribution >= 4 is 11.8 Å². The van der Waals surface area contributed by atoms with Crippen molar-refractivity contribution in [1.82, 2.24) is 9.47 Å². The lowest BCUT2D eigenvalue weighted by Crippen LogP contribution is -2.42. The number of carbonyl (C=O) groups is 1. The molecule has 0 N–H and O–H groups in total. The maximum Gasteiger partial charge on any atom is 0.411 e. The van der Waals surface area contributed by atoms with Crippen LogP contribution in [0.4, 0.5) is 10.5 Å². The van der Waals surface area contributed by atoms with Crippen LogP contribution < -0.4 is 0 Å². The number of hydrogen-bond donors (Lipinski definition) is 0. The number of ether oxygens (including phenoxy) is 1. The highest BCUT2D eigenvalue weighted by Crippen LogP contribution is 2.12. The molecule has 0 aromatic carbocycles. The van der Waals surface area contributed by atoms with Crippen molar-refractivity contribution in [2.75, 3.05) is 13.1 Å². The predicted molar refractivity (Wildman–Crippen MR) is 53.8 cm³/mol. The average molecular weight is 225 g/mol. The van der Waals surface area contributed by atoms with Gasteiger partial charge in [0.05, 0.1) is 11.1 Å². The van der Waals surface area contributed by atoms with Gasteiger partial charge in [0.2, 0.25) is 0 Å². The number of nitro groups is 1. The molecule has 2 rings (SSSR count). The molecule has 16 heavy (non-hydrogen) atoms. The minimum Gasteiger partial charge on any atom is -0.428 e. The van der Waals surface area contributed by atoms with Crippen LogP contribution in [0.3, 0.4) is 0 Å². The van der Waals surface area contributed by atoms with E-state index < -0.39 is 4.92 Å². The van der Waals surface area contributed by atoms with Gasteiger partial charge >= 0.3 is 6.09 Å². The summed E-state index contributed by atoms with van der Waals surface area (Å²) in [5.74, 6) is 0. The van der Waals surface area contributed by atoms with Gasteiger partial charge in [-0.15, -0.1) is 0 Å². The lowest BCUT2D eigenvalue weighted by atomic mass is 10.2. The Kier molecular flexibility index (Phi) is 2.76. The lowest BCUT2D eigenvalue weighted by molar-refractivity contribution is -0.384. The molecular formula is C9H11N3O4. The van der Waals surface area contributed by atoms with Crippen LogP contribution in [0.5, 0.6) is 0 Å². The van der Waals surface area contributed by atoms with E-state index >= 15 is 0 Å². The quantitative estimate of drug-likeness (QED) is 0.572. The van der Waals surface area contributed by atoms with Gasteiger partial charge in [-0.1, -0.05) is 0 Å². The van der Waals surface area contributed by atoms with Crippen LogP contribution in [0, 0.1) is 10.1 Å². The number of carbonyl (C=O) groups excluding carboxylic acids is 1. The maximum atomic E-state index is 11.3. The minimum absolute atomic E-state index is 0.00315. The van der Waals surface area contributed by atoms with Gasteiger partial charge in [-0.2, -0.15) is 0 Å². The molecule has 0 aliphatic carbocycles. The van der Waals surface area contributed by atoms with Crippen LogP contribution in [0.2, 0.25) is 0 Å². The number of amides is 1. The molecule has 1 aliphatic rings. The first-order chi connectivity index (χ1) is 7.66. The van der Waals surface area contributed by atoms with Crippen LogP contribution in [0.25, 0.3) is 0 Å². The highest BCUT2D eigenvalue weighted by Gasteiger charge is 2.21. The summed E-state index contributed by atoms with van der Waals surface area (Å²) in [6.07, 6.45) is 3.46. The van der Waals surface area contributed by atoms with Gasteiger partial charge in [-0.3, -0.25) is 10.1 Å². The van der Waals surface area contributed by atoms with Crippen LogP contribution in [-0.2, 0) is 11.5 Å². The molecule has 0 atom stereocenters. The molecule has 2 heterocycles. The fourth-order valence-corrected chi connectivity index (χ4v) is 1.34. The second-order valence-corrected chi connectivity index (χ2v) is 3.52. The van der Waals surface area contributed by atoms with Gasteiger partial charge in [0.25, 0.3) is 5.69 Å². The van der Waals surface area contributed by atoms with Crippen molar-refractivity contribution in [3.8, 4) is 0 Å². The largest absolute Gasteiger partial charge is 0.428 e. The van der Waals surface area contributed by atoms with E-state index in [0.29, 0.717) is 0 Å². The van der Waals surface area contributed by atoms with Gasteiger partial charge < -0.3 is 14.2 Å². The Labute approximate surface area is 91.4 Å². The lowest BCUT2D eigenvalue weighted by Gasteiger charge is -2.29. The van der Waals surface area contributed by atoms with Crippen molar-refractivity contribution in [3.05, 3.63) is 28.6 Å². The molecule has 7 nitrogen and oxygen atoms in total.